The van der Waals surface area contributed by atoms with E-state index in [4.69, 9.17) is 10.00 Å². The molecule has 0 bridgehead atoms. The van der Waals surface area contributed by atoms with Gasteiger partial charge < -0.3 is 4.74 Å². The second-order valence-electron chi connectivity index (χ2n) is 2.29. The third-order valence-electron chi connectivity index (χ3n) is 1.48. The van der Waals surface area contributed by atoms with Crippen molar-refractivity contribution in [2.75, 3.05) is 12.4 Å². The number of methoxy groups -OCH3 is 1. The monoisotopic (exact) mass is 241 g/mol. The molecule has 1 unspecified atom stereocenters. The Morgan fingerprint density at radius 1 is 1.77 bits per heavy atom. The first-order valence-corrected chi connectivity index (χ1v) is 4.76. The molecule has 13 heavy (non-hydrogen) atoms. The van der Waals surface area contributed by atoms with Crippen molar-refractivity contribution in [2.24, 2.45) is 0 Å². The van der Waals surface area contributed by atoms with Gasteiger partial charge in [-0.05, 0) is 0 Å². The van der Waals surface area contributed by atoms with Crippen LogP contribution in [-0.2, 0) is 0 Å². The van der Waals surface area contributed by atoms with Crippen LogP contribution >= 0.6 is 15.9 Å². The van der Waals surface area contributed by atoms with Crippen LogP contribution in [0.5, 0.6) is 5.88 Å². The number of hydrogen-bond donors (Lipinski definition) is 0. The van der Waals surface area contributed by atoms with Gasteiger partial charge in [0.2, 0.25) is 5.88 Å². The molecule has 0 aliphatic carbocycles. The normalized spacial score (nSPS) is 11.8. The van der Waals surface area contributed by atoms with Crippen LogP contribution in [0.15, 0.2) is 12.3 Å². The first-order valence-electron chi connectivity index (χ1n) is 3.64. The average Bonchev–Trinajstić information content (AvgIpc) is 2.20. The highest BCUT2D eigenvalue weighted by Crippen LogP contribution is 2.14. The minimum atomic E-state index is -0.324. The maximum absolute atomic E-state index is 8.74. The summed E-state index contributed by atoms with van der Waals surface area (Å²) in [6.07, 6.45) is 1.58. The Morgan fingerprint density at radius 3 is 3.08 bits per heavy atom. The SMILES string of the molecule is COc1ccnc(C(C#N)CBr)n1. The molecule has 0 fully saturated rings. The van der Waals surface area contributed by atoms with Crippen LogP contribution in [0.2, 0.25) is 0 Å². The Morgan fingerprint density at radius 2 is 2.54 bits per heavy atom. The van der Waals surface area contributed by atoms with Gasteiger partial charge in [-0.1, -0.05) is 15.9 Å². The smallest absolute Gasteiger partial charge is 0.216 e. The van der Waals surface area contributed by atoms with E-state index in [-0.39, 0.29) is 5.92 Å². The van der Waals surface area contributed by atoms with Crippen LogP contribution in [0.3, 0.4) is 0 Å². The van der Waals surface area contributed by atoms with Gasteiger partial charge in [-0.3, -0.25) is 0 Å². The number of ether oxygens (including phenoxy) is 1. The number of nitriles is 1. The molecule has 0 amide bonds. The Balaban J connectivity index is 2.94. The molecule has 0 aliphatic heterocycles. The van der Waals surface area contributed by atoms with Crippen LogP contribution < -0.4 is 4.74 Å². The molecule has 68 valence electrons. The molecule has 0 aliphatic rings. The van der Waals surface area contributed by atoms with Crippen LogP contribution in [0.25, 0.3) is 0 Å². The fourth-order valence-corrected chi connectivity index (χ4v) is 1.23. The molecule has 0 aromatic carbocycles. The third-order valence-corrected chi connectivity index (χ3v) is 2.13. The van der Waals surface area contributed by atoms with E-state index in [2.05, 4.69) is 32.0 Å². The van der Waals surface area contributed by atoms with E-state index in [1.807, 2.05) is 0 Å². The van der Waals surface area contributed by atoms with Gasteiger partial charge in [0, 0.05) is 17.6 Å². The number of nitrogens with zero attached hydrogens (tertiary/aromatic N) is 3. The summed E-state index contributed by atoms with van der Waals surface area (Å²) in [5.74, 6) is 0.639. The molecule has 0 saturated carbocycles. The quantitative estimate of drug-likeness (QED) is 0.753. The number of aromatic nitrogens is 2. The summed E-state index contributed by atoms with van der Waals surface area (Å²) in [6.45, 7) is 0. The van der Waals surface area contributed by atoms with E-state index in [1.165, 1.54) is 7.11 Å². The van der Waals surface area contributed by atoms with Gasteiger partial charge in [0.1, 0.15) is 11.7 Å². The summed E-state index contributed by atoms with van der Waals surface area (Å²) in [5, 5.41) is 9.27. The lowest BCUT2D eigenvalue weighted by Crippen LogP contribution is -2.04. The van der Waals surface area contributed by atoms with Gasteiger partial charge in [-0.15, -0.1) is 0 Å². The second-order valence-corrected chi connectivity index (χ2v) is 2.94. The van der Waals surface area contributed by atoms with Crippen molar-refractivity contribution in [1.29, 1.82) is 5.26 Å². The molecule has 5 heteroatoms. The van der Waals surface area contributed by atoms with Crippen molar-refractivity contribution in [3.63, 3.8) is 0 Å². The molecule has 0 spiro atoms. The maximum atomic E-state index is 8.74. The molecule has 1 atom stereocenters. The summed E-state index contributed by atoms with van der Waals surface area (Å²) in [6, 6.07) is 3.74. The van der Waals surface area contributed by atoms with E-state index >= 15 is 0 Å². The highest BCUT2D eigenvalue weighted by molar-refractivity contribution is 9.09. The molecule has 0 saturated heterocycles. The third kappa shape index (κ3) is 2.39. The van der Waals surface area contributed by atoms with Crippen molar-refractivity contribution in [2.45, 2.75) is 5.92 Å². The number of halogens is 1. The van der Waals surface area contributed by atoms with Crippen molar-refractivity contribution < 1.29 is 4.74 Å². The number of hydrogen-bond acceptors (Lipinski definition) is 4. The van der Waals surface area contributed by atoms with E-state index in [9.17, 15) is 0 Å². The molecule has 1 rings (SSSR count). The zero-order valence-corrected chi connectivity index (χ0v) is 8.65. The lowest BCUT2D eigenvalue weighted by Gasteiger charge is -2.04. The van der Waals surface area contributed by atoms with Crippen molar-refractivity contribution >= 4 is 15.9 Å². The van der Waals surface area contributed by atoms with E-state index < -0.39 is 0 Å². The highest BCUT2D eigenvalue weighted by atomic mass is 79.9. The minimum Gasteiger partial charge on any atom is -0.481 e. The van der Waals surface area contributed by atoms with E-state index in [0.29, 0.717) is 17.0 Å². The molecule has 0 N–H and O–H groups in total. The first-order chi connectivity index (χ1) is 6.31. The minimum absolute atomic E-state index is 0.324. The van der Waals surface area contributed by atoms with Crippen molar-refractivity contribution in [1.82, 2.24) is 9.97 Å². The summed E-state index contributed by atoms with van der Waals surface area (Å²) < 4.78 is 4.92. The van der Waals surface area contributed by atoms with Gasteiger partial charge in [0.15, 0.2) is 0 Å². The van der Waals surface area contributed by atoms with Gasteiger partial charge in [0.25, 0.3) is 0 Å². The summed E-state index contributed by atoms with van der Waals surface area (Å²) in [5.41, 5.74) is 0. The lowest BCUT2D eigenvalue weighted by atomic mass is 10.2. The molecule has 1 aromatic rings. The van der Waals surface area contributed by atoms with Crippen LogP contribution in [0.1, 0.15) is 11.7 Å². The topological polar surface area (TPSA) is 58.8 Å². The van der Waals surface area contributed by atoms with Crippen LogP contribution in [-0.4, -0.2) is 22.4 Å². The summed E-state index contributed by atoms with van der Waals surface area (Å²) in [4.78, 5) is 8.03. The molecule has 4 nitrogen and oxygen atoms in total. The Kier molecular flexibility index (Phi) is 3.65. The molecular formula is C8H8BrN3O. The van der Waals surface area contributed by atoms with Crippen LogP contribution in [0, 0.1) is 11.3 Å². The second kappa shape index (κ2) is 4.77. The Hall–Kier alpha value is -1.15. The highest BCUT2D eigenvalue weighted by Gasteiger charge is 2.12. The Labute approximate surface area is 84.7 Å². The largest absolute Gasteiger partial charge is 0.481 e. The van der Waals surface area contributed by atoms with Crippen molar-refractivity contribution in [3.8, 4) is 11.9 Å². The molecule has 0 radical (unpaired) electrons. The molecule has 1 aromatic heterocycles. The fraction of sp³-hybridized carbons (Fsp3) is 0.375. The maximum Gasteiger partial charge on any atom is 0.216 e. The Bertz CT molecular complexity index is 323. The number of alkyl halides is 1. The van der Waals surface area contributed by atoms with E-state index in [0.717, 1.165) is 0 Å². The average molecular weight is 242 g/mol. The summed E-state index contributed by atoms with van der Waals surface area (Å²) in [7, 11) is 1.53. The van der Waals surface area contributed by atoms with Gasteiger partial charge in [-0.25, -0.2) is 4.98 Å². The fourth-order valence-electron chi connectivity index (χ4n) is 0.799. The van der Waals surface area contributed by atoms with E-state index in [1.54, 1.807) is 12.3 Å². The molecular weight excluding hydrogens is 234 g/mol. The van der Waals surface area contributed by atoms with Gasteiger partial charge in [0.05, 0.1) is 13.2 Å². The summed E-state index contributed by atoms with van der Waals surface area (Å²) >= 11 is 3.22. The van der Waals surface area contributed by atoms with Crippen molar-refractivity contribution in [3.05, 3.63) is 18.1 Å². The first kappa shape index (κ1) is 9.93. The number of rotatable bonds is 3. The molecule has 1 heterocycles. The van der Waals surface area contributed by atoms with Gasteiger partial charge >= 0.3 is 0 Å². The zero-order chi connectivity index (χ0) is 9.68. The predicted molar refractivity (Wildman–Crippen MR) is 50.7 cm³/mol. The zero-order valence-electron chi connectivity index (χ0n) is 7.07. The lowest BCUT2D eigenvalue weighted by molar-refractivity contribution is 0.394. The van der Waals surface area contributed by atoms with Gasteiger partial charge in [-0.2, -0.15) is 10.2 Å². The van der Waals surface area contributed by atoms with Crippen LogP contribution in [0.4, 0.5) is 0 Å². The predicted octanol–water partition coefficient (Wildman–Crippen LogP) is 1.49. The standard InChI is InChI=1S/C8H8BrN3O/c1-13-7-2-3-11-8(12-7)6(4-9)5-10/h2-3,6H,4H2,1H3.